The summed E-state index contributed by atoms with van der Waals surface area (Å²) in [6.07, 6.45) is 2.31. The third-order valence-electron chi connectivity index (χ3n) is 3.84. The van der Waals surface area contributed by atoms with Gasteiger partial charge in [-0.1, -0.05) is 18.2 Å². The van der Waals surface area contributed by atoms with Crippen LogP contribution < -0.4 is 5.32 Å². The van der Waals surface area contributed by atoms with Crippen molar-refractivity contribution in [2.45, 2.75) is 25.0 Å². The molecule has 2 aromatic rings. The normalized spacial score (nSPS) is 21.9. The van der Waals surface area contributed by atoms with Gasteiger partial charge < -0.3 is 15.2 Å². The summed E-state index contributed by atoms with van der Waals surface area (Å²) in [6.45, 7) is 4.04. The van der Waals surface area contributed by atoms with Gasteiger partial charge in [0.05, 0.1) is 24.6 Å². The molecule has 3 rings (SSSR count). The summed E-state index contributed by atoms with van der Waals surface area (Å²) in [6, 6.07) is 11.9. The Kier molecular flexibility index (Phi) is 4.05. The number of nitrogens with one attached hydrogen (secondary N) is 1. The van der Waals surface area contributed by atoms with Gasteiger partial charge in [-0.05, 0) is 31.5 Å². The predicted molar refractivity (Wildman–Crippen MR) is 80.4 cm³/mol. The number of hydrogen-bond donors (Lipinski definition) is 2. The minimum Gasteiger partial charge on any atom is -0.384 e. The van der Waals surface area contributed by atoms with Crippen LogP contribution in [0.15, 0.2) is 42.6 Å². The fraction of sp³-hybridized carbons (Fsp3) is 0.438. The number of rotatable bonds is 4. The van der Waals surface area contributed by atoms with Gasteiger partial charge in [0.2, 0.25) is 0 Å². The number of aromatic nitrogens is 2. The standard InChI is InChI=1S/C16H21N3O2/c1-16(20,11-13-12-21-10-9-17-13)15-7-8-18-19(15)14-5-3-2-4-6-14/h2-8,13,17,20H,9-12H2,1H3. The molecule has 112 valence electrons. The summed E-state index contributed by atoms with van der Waals surface area (Å²) in [4.78, 5) is 0. The topological polar surface area (TPSA) is 59.3 Å². The van der Waals surface area contributed by atoms with Crippen molar-refractivity contribution in [3.63, 3.8) is 0 Å². The lowest BCUT2D eigenvalue weighted by atomic mass is 9.93. The molecule has 0 aliphatic carbocycles. The SMILES string of the molecule is CC(O)(CC1COCCN1)c1ccnn1-c1ccccc1. The molecule has 1 aromatic heterocycles. The highest BCUT2D eigenvalue weighted by atomic mass is 16.5. The fourth-order valence-corrected chi connectivity index (χ4v) is 2.82. The van der Waals surface area contributed by atoms with E-state index < -0.39 is 5.60 Å². The molecule has 2 N–H and O–H groups in total. The molecule has 1 aromatic carbocycles. The van der Waals surface area contributed by atoms with Gasteiger partial charge >= 0.3 is 0 Å². The summed E-state index contributed by atoms with van der Waals surface area (Å²) in [5.41, 5.74) is 0.775. The van der Waals surface area contributed by atoms with E-state index in [1.54, 1.807) is 10.9 Å². The van der Waals surface area contributed by atoms with E-state index in [4.69, 9.17) is 4.74 Å². The van der Waals surface area contributed by atoms with E-state index in [2.05, 4.69) is 10.4 Å². The number of aliphatic hydroxyl groups is 1. The molecule has 1 aliphatic heterocycles. The maximum absolute atomic E-state index is 10.9. The van der Waals surface area contributed by atoms with Gasteiger partial charge in [-0.25, -0.2) is 4.68 Å². The highest BCUT2D eigenvalue weighted by molar-refractivity contribution is 5.33. The van der Waals surface area contributed by atoms with Crippen LogP contribution in [-0.2, 0) is 10.3 Å². The molecular formula is C16H21N3O2. The molecule has 2 heterocycles. The van der Waals surface area contributed by atoms with E-state index in [1.807, 2.05) is 43.3 Å². The lowest BCUT2D eigenvalue weighted by Crippen LogP contribution is -2.45. The van der Waals surface area contributed by atoms with Crippen LogP contribution in [0.25, 0.3) is 5.69 Å². The molecule has 1 saturated heterocycles. The second-order valence-corrected chi connectivity index (χ2v) is 5.67. The van der Waals surface area contributed by atoms with E-state index in [0.717, 1.165) is 24.5 Å². The van der Waals surface area contributed by atoms with Crippen LogP contribution in [0.1, 0.15) is 19.0 Å². The third-order valence-corrected chi connectivity index (χ3v) is 3.84. The van der Waals surface area contributed by atoms with Crippen molar-refractivity contribution in [2.24, 2.45) is 0 Å². The molecular weight excluding hydrogens is 266 g/mol. The minimum absolute atomic E-state index is 0.160. The Balaban J connectivity index is 1.84. The molecule has 0 amide bonds. The number of hydrogen-bond acceptors (Lipinski definition) is 4. The first kappa shape index (κ1) is 14.3. The highest BCUT2D eigenvalue weighted by Crippen LogP contribution is 2.28. The molecule has 0 spiro atoms. The summed E-state index contributed by atoms with van der Waals surface area (Å²) in [5.74, 6) is 0. The van der Waals surface area contributed by atoms with Crippen molar-refractivity contribution in [1.29, 1.82) is 0 Å². The van der Waals surface area contributed by atoms with Gasteiger partial charge in [-0.15, -0.1) is 0 Å². The smallest absolute Gasteiger partial charge is 0.105 e. The van der Waals surface area contributed by atoms with E-state index in [1.165, 1.54) is 0 Å². The number of morpholine rings is 1. The van der Waals surface area contributed by atoms with Gasteiger partial charge in [0.15, 0.2) is 0 Å². The van der Waals surface area contributed by atoms with Crippen molar-refractivity contribution in [2.75, 3.05) is 19.8 Å². The summed E-state index contributed by atoms with van der Waals surface area (Å²) in [5, 5.41) is 18.6. The molecule has 1 aliphatic rings. The largest absolute Gasteiger partial charge is 0.384 e. The van der Waals surface area contributed by atoms with Crippen LogP contribution in [0.4, 0.5) is 0 Å². The second-order valence-electron chi connectivity index (χ2n) is 5.67. The molecule has 1 fully saturated rings. The van der Waals surface area contributed by atoms with Crippen molar-refractivity contribution >= 4 is 0 Å². The fourth-order valence-electron chi connectivity index (χ4n) is 2.82. The Morgan fingerprint density at radius 3 is 2.90 bits per heavy atom. The highest BCUT2D eigenvalue weighted by Gasteiger charge is 2.31. The molecule has 0 saturated carbocycles. The summed E-state index contributed by atoms with van der Waals surface area (Å²) in [7, 11) is 0. The number of benzene rings is 1. The zero-order chi connectivity index (χ0) is 14.7. The van der Waals surface area contributed by atoms with Crippen LogP contribution in [0.3, 0.4) is 0 Å². The van der Waals surface area contributed by atoms with Crippen LogP contribution >= 0.6 is 0 Å². The molecule has 0 bridgehead atoms. The van der Waals surface area contributed by atoms with Gasteiger partial charge in [0.1, 0.15) is 5.60 Å². The Morgan fingerprint density at radius 1 is 1.38 bits per heavy atom. The molecule has 2 unspecified atom stereocenters. The molecule has 5 nitrogen and oxygen atoms in total. The lowest BCUT2D eigenvalue weighted by Gasteiger charge is -2.31. The lowest BCUT2D eigenvalue weighted by molar-refractivity contribution is -0.000945. The van der Waals surface area contributed by atoms with E-state index in [0.29, 0.717) is 13.0 Å². The van der Waals surface area contributed by atoms with Gasteiger partial charge in [0, 0.05) is 18.8 Å². The Morgan fingerprint density at radius 2 is 2.19 bits per heavy atom. The minimum atomic E-state index is -0.968. The molecule has 0 radical (unpaired) electrons. The van der Waals surface area contributed by atoms with Crippen LogP contribution in [-0.4, -0.2) is 40.7 Å². The Hall–Kier alpha value is -1.69. The number of ether oxygens (including phenoxy) is 1. The van der Waals surface area contributed by atoms with E-state index in [-0.39, 0.29) is 6.04 Å². The van der Waals surface area contributed by atoms with Gasteiger partial charge in [-0.2, -0.15) is 5.10 Å². The third kappa shape index (κ3) is 3.15. The summed E-state index contributed by atoms with van der Waals surface area (Å²) < 4.78 is 7.26. The van der Waals surface area contributed by atoms with E-state index >= 15 is 0 Å². The number of nitrogens with zero attached hydrogens (tertiary/aromatic N) is 2. The van der Waals surface area contributed by atoms with E-state index in [9.17, 15) is 5.11 Å². The van der Waals surface area contributed by atoms with Crippen LogP contribution in [0, 0.1) is 0 Å². The maximum atomic E-state index is 10.9. The monoisotopic (exact) mass is 287 g/mol. The van der Waals surface area contributed by atoms with Crippen molar-refractivity contribution in [3.05, 3.63) is 48.3 Å². The van der Waals surface area contributed by atoms with Crippen LogP contribution in [0.5, 0.6) is 0 Å². The maximum Gasteiger partial charge on any atom is 0.105 e. The molecule has 21 heavy (non-hydrogen) atoms. The zero-order valence-corrected chi connectivity index (χ0v) is 12.2. The first-order valence-corrected chi connectivity index (χ1v) is 7.30. The van der Waals surface area contributed by atoms with Crippen molar-refractivity contribution in [1.82, 2.24) is 15.1 Å². The second kappa shape index (κ2) is 5.97. The Bertz CT molecular complexity index is 574. The average Bonchev–Trinajstić information content (AvgIpc) is 2.99. The van der Waals surface area contributed by atoms with Gasteiger partial charge in [0.25, 0.3) is 0 Å². The number of para-hydroxylation sites is 1. The predicted octanol–water partition coefficient (Wildman–Crippen LogP) is 1.46. The Labute approximate surface area is 124 Å². The molecule has 2 atom stereocenters. The molecule has 5 heteroatoms. The van der Waals surface area contributed by atoms with Crippen molar-refractivity contribution < 1.29 is 9.84 Å². The first-order valence-electron chi connectivity index (χ1n) is 7.30. The quantitative estimate of drug-likeness (QED) is 0.894. The van der Waals surface area contributed by atoms with Gasteiger partial charge in [-0.3, -0.25) is 0 Å². The average molecular weight is 287 g/mol. The van der Waals surface area contributed by atoms with Crippen molar-refractivity contribution in [3.8, 4) is 5.69 Å². The zero-order valence-electron chi connectivity index (χ0n) is 12.2. The summed E-state index contributed by atoms with van der Waals surface area (Å²) >= 11 is 0. The van der Waals surface area contributed by atoms with Crippen LogP contribution in [0.2, 0.25) is 0 Å². The first-order chi connectivity index (χ1) is 10.2.